The summed E-state index contributed by atoms with van der Waals surface area (Å²) in [6, 6.07) is 18.7. The van der Waals surface area contributed by atoms with Gasteiger partial charge in [0.1, 0.15) is 4.21 Å². The maximum Gasteiger partial charge on any atom is 0.271 e. The van der Waals surface area contributed by atoms with Crippen LogP contribution in [0, 0.1) is 0 Å². The summed E-state index contributed by atoms with van der Waals surface area (Å²) in [5.41, 5.74) is 3.95. The molecule has 2 heterocycles. The molecule has 0 bridgehead atoms. The average molecular weight is 518 g/mol. The number of thiazole rings is 1. The molecular formula is C21H16ClN5O3S3. The molecule has 2 aromatic heterocycles. The van der Waals surface area contributed by atoms with E-state index >= 15 is 0 Å². The molecule has 0 atom stereocenters. The number of nitrogens with one attached hydrogen (secondary N) is 3. The van der Waals surface area contributed by atoms with E-state index in [2.05, 4.69) is 25.6 Å². The third-order valence-corrected chi connectivity index (χ3v) is 8.23. The van der Waals surface area contributed by atoms with Crippen LogP contribution in [0.4, 0.5) is 16.5 Å². The largest absolute Gasteiger partial charge is 0.331 e. The Morgan fingerprint density at radius 3 is 2.45 bits per heavy atom. The summed E-state index contributed by atoms with van der Waals surface area (Å²) >= 11 is 8.56. The monoisotopic (exact) mass is 517 g/mol. The van der Waals surface area contributed by atoms with Crippen LogP contribution in [-0.4, -0.2) is 25.5 Å². The van der Waals surface area contributed by atoms with Crippen LogP contribution in [-0.2, 0) is 10.0 Å². The smallest absolute Gasteiger partial charge is 0.271 e. The first-order valence-electron chi connectivity index (χ1n) is 9.39. The molecule has 4 rings (SSSR count). The van der Waals surface area contributed by atoms with Crippen LogP contribution in [0.25, 0.3) is 0 Å². The second-order valence-electron chi connectivity index (χ2n) is 6.48. The Bertz CT molecular complexity index is 1370. The lowest BCUT2D eigenvalue weighted by Gasteiger charge is -2.07. The van der Waals surface area contributed by atoms with E-state index in [0.717, 1.165) is 17.0 Å². The third kappa shape index (κ3) is 5.96. The number of halogens is 1. The van der Waals surface area contributed by atoms with E-state index in [0.29, 0.717) is 21.3 Å². The molecule has 0 aliphatic carbocycles. The van der Waals surface area contributed by atoms with Gasteiger partial charge in [-0.05, 0) is 47.8 Å². The van der Waals surface area contributed by atoms with Crippen LogP contribution in [0.3, 0.4) is 0 Å². The molecule has 0 saturated carbocycles. The predicted octanol–water partition coefficient (Wildman–Crippen LogP) is 5.17. The average Bonchev–Trinajstić information content (AvgIpc) is 3.46. The van der Waals surface area contributed by atoms with Crippen molar-refractivity contribution in [2.24, 2.45) is 5.10 Å². The second-order valence-corrected chi connectivity index (χ2v) is 10.7. The molecule has 1 amide bonds. The zero-order valence-corrected chi connectivity index (χ0v) is 19.9. The van der Waals surface area contributed by atoms with Crippen molar-refractivity contribution in [3.63, 3.8) is 0 Å². The van der Waals surface area contributed by atoms with Crippen LogP contribution in [0.5, 0.6) is 0 Å². The van der Waals surface area contributed by atoms with E-state index in [-0.39, 0.29) is 9.36 Å². The van der Waals surface area contributed by atoms with Gasteiger partial charge in [-0.3, -0.25) is 9.52 Å². The lowest BCUT2D eigenvalue weighted by molar-refractivity contribution is 0.0955. The quantitative estimate of drug-likeness (QED) is 0.220. The van der Waals surface area contributed by atoms with E-state index in [1.54, 1.807) is 11.4 Å². The minimum absolute atomic E-state index is 0.211. The predicted molar refractivity (Wildman–Crippen MR) is 133 cm³/mol. The standard InChI is InChI=1S/C21H16ClN5O3S3/c22-19-17(32-21(25-19)24-15-5-2-1-3-6-15)13-23-26-20(28)14-8-10-16(11-9-14)27-33(29,30)18-7-4-12-31-18/h1-13,27H,(H,24,25)(H,26,28)/b23-13-. The Hall–Kier alpha value is -3.25. The highest BCUT2D eigenvalue weighted by molar-refractivity contribution is 7.94. The number of rotatable bonds is 8. The zero-order valence-electron chi connectivity index (χ0n) is 16.7. The van der Waals surface area contributed by atoms with Crippen molar-refractivity contribution >= 4 is 72.9 Å². The van der Waals surface area contributed by atoms with Gasteiger partial charge >= 0.3 is 0 Å². The molecular weight excluding hydrogens is 502 g/mol. The number of hydrogen-bond acceptors (Lipinski definition) is 8. The van der Waals surface area contributed by atoms with Crippen LogP contribution in [0.15, 0.2) is 81.4 Å². The number of hydrazone groups is 1. The maximum atomic E-state index is 12.3. The molecule has 0 radical (unpaired) electrons. The molecule has 4 aromatic rings. The lowest BCUT2D eigenvalue weighted by atomic mass is 10.2. The summed E-state index contributed by atoms with van der Waals surface area (Å²) in [5.74, 6) is -0.456. The van der Waals surface area contributed by atoms with Crippen LogP contribution < -0.4 is 15.5 Å². The molecule has 0 unspecified atom stereocenters. The number of para-hydroxylation sites is 1. The number of aromatic nitrogens is 1. The van der Waals surface area contributed by atoms with Crippen molar-refractivity contribution in [3.8, 4) is 0 Å². The number of hydrogen-bond donors (Lipinski definition) is 3. The molecule has 12 heteroatoms. The summed E-state index contributed by atoms with van der Waals surface area (Å²) in [6.07, 6.45) is 1.41. The molecule has 0 spiro atoms. The number of carbonyl (C=O) groups is 1. The Kier molecular flexibility index (Phi) is 7.04. The van der Waals surface area contributed by atoms with E-state index < -0.39 is 15.9 Å². The van der Waals surface area contributed by atoms with Gasteiger partial charge in [-0.25, -0.2) is 18.8 Å². The van der Waals surface area contributed by atoms with Crippen molar-refractivity contribution in [2.45, 2.75) is 4.21 Å². The van der Waals surface area contributed by atoms with E-state index in [1.807, 2.05) is 30.3 Å². The first-order chi connectivity index (χ1) is 15.9. The van der Waals surface area contributed by atoms with Gasteiger partial charge in [0.15, 0.2) is 10.3 Å². The first kappa shape index (κ1) is 22.9. The topological polar surface area (TPSA) is 113 Å². The van der Waals surface area contributed by atoms with E-state index in [4.69, 9.17) is 11.6 Å². The fourth-order valence-electron chi connectivity index (χ4n) is 2.62. The van der Waals surface area contributed by atoms with E-state index in [9.17, 15) is 13.2 Å². The van der Waals surface area contributed by atoms with Gasteiger partial charge in [0.25, 0.3) is 15.9 Å². The number of sulfonamides is 1. The third-order valence-electron chi connectivity index (χ3n) is 4.14. The molecule has 168 valence electrons. The number of nitrogens with zero attached hydrogens (tertiary/aromatic N) is 2. The lowest BCUT2D eigenvalue weighted by Crippen LogP contribution is -2.17. The number of anilines is 3. The Balaban J connectivity index is 1.35. The second kappa shape index (κ2) is 10.1. The Morgan fingerprint density at radius 2 is 1.76 bits per heavy atom. The summed E-state index contributed by atoms with van der Waals surface area (Å²) in [6.45, 7) is 0. The highest BCUT2D eigenvalue weighted by Crippen LogP contribution is 2.27. The maximum absolute atomic E-state index is 12.3. The van der Waals surface area contributed by atoms with Crippen LogP contribution >= 0.6 is 34.3 Å². The van der Waals surface area contributed by atoms with Crippen molar-refractivity contribution < 1.29 is 13.2 Å². The van der Waals surface area contributed by atoms with Crippen LogP contribution in [0.1, 0.15) is 15.2 Å². The summed E-state index contributed by atoms with van der Waals surface area (Å²) < 4.78 is 27.2. The molecule has 0 fully saturated rings. The highest BCUT2D eigenvalue weighted by Gasteiger charge is 2.15. The summed E-state index contributed by atoms with van der Waals surface area (Å²) in [7, 11) is -3.65. The SMILES string of the molecule is O=C(N/N=C\c1sc(Nc2ccccc2)nc1Cl)c1ccc(NS(=O)(=O)c2cccs2)cc1. The molecule has 33 heavy (non-hydrogen) atoms. The normalized spacial score (nSPS) is 11.4. The van der Waals surface area contributed by atoms with Gasteiger partial charge < -0.3 is 5.32 Å². The van der Waals surface area contributed by atoms with Crippen molar-refractivity contribution in [1.82, 2.24) is 10.4 Å². The first-order valence-corrected chi connectivity index (χ1v) is 12.9. The fourth-order valence-corrected chi connectivity index (χ4v) is 5.72. The molecule has 3 N–H and O–H groups in total. The van der Waals surface area contributed by atoms with Gasteiger partial charge in [0.05, 0.1) is 11.1 Å². The molecule has 8 nitrogen and oxygen atoms in total. The number of carbonyl (C=O) groups excluding carboxylic acids is 1. The molecule has 0 saturated heterocycles. The molecule has 0 aliphatic heterocycles. The number of benzene rings is 2. The minimum atomic E-state index is -3.65. The fraction of sp³-hybridized carbons (Fsp3) is 0. The summed E-state index contributed by atoms with van der Waals surface area (Å²) in [5, 5.41) is 9.63. The zero-order chi connectivity index (χ0) is 23.3. The van der Waals surface area contributed by atoms with Crippen molar-refractivity contribution in [3.05, 3.63) is 87.7 Å². The van der Waals surface area contributed by atoms with E-state index in [1.165, 1.54) is 47.9 Å². The minimum Gasteiger partial charge on any atom is -0.331 e. The Morgan fingerprint density at radius 1 is 1.00 bits per heavy atom. The number of thiophene rings is 1. The van der Waals surface area contributed by atoms with Gasteiger partial charge in [0, 0.05) is 16.9 Å². The van der Waals surface area contributed by atoms with Gasteiger partial charge in [-0.2, -0.15) is 5.10 Å². The van der Waals surface area contributed by atoms with Crippen LogP contribution in [0.2, 0.25) is 5.15 Å². The Labute approximate surface area is 203 Å². The molecule has 0 aliphatic rings. The van der Waals surface area contributed by atoms with Crippen molar-refractivity contribution in [1.29, 1.82) is 0 Å². The van der Waals surface area contributed by atoms with Crippen molar-refractivity contribution in [2.75, 3.05) is 10.0 Å². The molecule has 2 aromatic carbocycles. The van der Waals surface area contributed by atoms with Gasteiger partial charge in [-0.15, -0.1) is 11.3 Å². The highest BCUT2D eigenvalue weighted by atomic mass is 35.5. The van der Waals surface area contributed by atoms with Gasteiger partial charge in [-0.1, -0.05) is 47.2 Å². The number of amides is 1. The van der Waals surface area contributed by atoms with Gasteiger partial charge in [0.2, 0.25) is 0 Å². The summed E-state index contributed by atoms with van der Waals surface area (Å²) in [4.78, 5) is 17.1.